The molecule has 3 nitrogen and oxygen atoms in total. The third-order valence-electron chi connectivity index (χ3n) is 4.48. The Labute approximate surface area is 114 Å². The first-order valence-electron chi connectivity index (χ1n) is 7.29. The molecule has 0 saturated carbocycles. The fourth-order valence-electron chi connectivity index (χ4n) is 3.67. The molecule has 2 heterocycles. The van der Waals surface area contributed by atoms with Crippen LogP contribution >= 0.6 is 0 Å². The van der Waals surface area contributed by atoms with Gasteiger partial charge in [0.2, 0.25) is 0 Å². The molecule has 1 aromatic rings. The third kappa shape index (κ3) is 2.34. The predicted molar refractivity (Wildman–Crippen MR) is 74.1 cm³/mol. The van der Waals surface area contributed by atoms with Gasteiger partial charge in [0.25, 0.3) is 0 Å². The summed E-state index contributed by atoms with van der Waals surface area (Å²) in [7, 11) is 0. The Hall–Kier alpha value is -1.51. The first kappa shape index (κ1) is 12.5. The summed E-state index contributed by atoms with van der Waals surface area (Å²) in [4.78, 5) is 14.0. The molecule has 3 heteroatoms. The summed E-state index contributed by atoms with van der Waals surface area (Å²) in [6.07, 6.45) is 4.32. The predicted octanol–water partition coefficient (Wildman–Crippen LogP) is 3.55. The van der Waals surface area contributed by atoms with Crippen molar-refractivity contribution in [2.24, 2.45) is 0 Å². The van der Waals surface area contributed by atoms with Gasteiger partial charge in [0.05, 0.1) is 6.61 Å². The number of ether oxygens (including phenoxy) is 1. The third-order valence-corrected chi connectivity index (χ3v) is 4.48. The van der Waals surface area contributed by atoms with Gasteiger partial charge in [-0.15, -0.1) is 0 Å². The lowest BCUT2D eigenvalue weighted by molar-refractivity contribution is 0.0690. The van der Waals surface area contributed by atoms with Crippen LogP contribution in [0.3, 0.4) is 0 Å². The van der Waals surface area contributed by atoms with Gasteiger partial charge in [-0.1, -0.05) is 30.3 Å². The van der Waals surface area contributed by atoms with E-state index in [-0.39, 0.29) is 6.09 Å². The highest BCUT2D eigenvalue weighted by atomic mass is 16.6. The summed E-state index contributed by atoms with van der Waals surface area (Å²) in [6.45, 7) is 2.34. The van der Waals surface area contributed by atoms with Crippen LogP contribution < -0.4 is 0 Å². The van der Waals surface area contributed by atoms with Crippen molar-refractivity contribution in [3.63, 3.8) is 0 Å². The van der Waals surface area contributed by atoms with Gasteiger partial charge in [0.1, 0.15) is 0 Å². The van der Waals surface area contributed by atoms with Crippen LogP contribution in [0.2, 0.25) is 0 Å². The Bertz CT molecular complexity index is 431. The molecule has 2 atom stereocenters. The summed E-state index contributed by atoms with van der Waals surface area (Å²) in [6, 6.07) is 11.5. The van der Waals surface area contributed by atoms with E-state index in [4.69, 9.17) is 4.74 Å². The van der Waals surface area contributed by atoms with Crippen LogP contribution in [0.1, 0.15) is 44.1 Å². The van der Waals surface area contributed by atoms with Crippen molar-refractivity contribution in [3.05, 3.63) is 35.9 Å². The van der Waals surface area contributed by atoms with Crippen molar-refractivity contribution in [3.8, 4) is 0 Å². The van der Waals surface area contributed by atoms with Crippen LogP contribution in [0, 0.1) is 0 Å². The average Bonchev–Trinajstić information content (AvgIpc) is 2.71. The second-order valence-electron chi connectivity index (χ2n) is 5.57. The number of amides is 1. The molecule has 0 spiro atoms. The lowest BCUT2D eigenvalue weighted by Gasteiger charge is -2.38. The molecule has 1 amide bonds. The second kappa shape index (κ2) is 5.24. The van der Waals surface area contributed by atoms with E-state index in [0.717, 1.165) is 25.7 Å². The molecule has 0 radical (unpaired) electrons. The number of fused-ring (bicyclic) bond motifs is 2. The summed E-state index contributed by atoms with van der Waals surface area (Å²) in [5.74, 6) is 0.601. The molecular weight excluding hydrogens is 238 g/mol. The largest absolute Gasteiger partial charge is 0.450 e. The van der Waals surface area contributed by atoms with Crippen molar-refractivity contribution in [2.45, 2.75) is 50.6 Å². The van der Waals surface area contributed by atoms with Crippen molar-refractivity contribution in [2.75, 3.05) is 6.61 Å². The van der Waals surface area contributed by atoms with Gasteiger partial charge >= 0.3 is 6.09 Å². The molecule has 0 aromatic heterocycles. The van der Waals surface area contributed by atoms with Crippen LogP contribution in [0.25, 0.3) is 0 Å². The van der Waals surface area contributed by atoms with Gasteiger partial charge in [-0.2, -0.15) is 0 Å². The molecule has 2 aliphatic rings. The number of hydrogen-bond acceptors (Lipinski definition) is 2. The number of rotatable bonds is 2. The maximum atomic E-state index is 12.0. The highest BCUT2D eigenvalue weighted by Gasteiger charge is 2.44. The zero-order valence-electron chi connectivity index (χ0n) is 11.4. The van der Waals surface area contributed by atoms with E-state index in [2.05, 4.69) is 30.3 Å². The minimum atomic E-state index is -0.110. The van der Waals surface area contributed by atoms with Crippen LogP contribution in [-0.4, -0.2) is 29.7 Å². The normalized spacial score (nSPS) is 29.3. The molecule has 2 aliphatic heterocycles. The number of piperidine rings is 1. The van der Waals surface area contributed by atoms with Crippen molar-refractivity contribution < 1.29 is 9.53 Å². The zero-order valence-corrected chi connectivity index (χ0v) is 11.4. The molecule has 0 aliphatic carbocycles. The van der Waals surface area contributed by atoms with Gasteiger partial charge in [-0.3, -0.25) is 0 Å². The van der Waals surface area contributed by atoms with Crippen molar-refractivity contribution in [1.29, 1.82) is 0 Å². The minimum absolute atomic E-state index is 0.110. The van der Waals surface area contributed by atoms with E-state index in [1.54, 1.807) is 0 Å². The first-order valence-corrected chi connectivity index (χ1v) is 7.29. The van der Waals surface area contributed by atoms with E-state index >= 15 is 0 Å². The Morgan fingerprint density at radius 3 is 2.42 bits per heavy atom. The summed E-state index contributed by atoms with van der Waals surface area (Å²) < 4.78 is 5.19. The summed E-state index contributed by atoms with van der Waals surface area (Å²) in [5.41, 5.74) is 1.42. The van der Waals surface area contributed by atoms with E-state index < -0.39 is 0 Å². The molecule has 2 bridgehead atoms. The molecule has 0 N–H and O–H groups in total. The van der Waals surface area contributed by atoms with Crippen molar-refractivity contribution in [1.82, 2.24) is 4.90 Å². The van der Waals surface area contributed by atoms with Crippen LogP contribution in [0.15, 0.2) is 30.3 Å². The molecule has 102 valence electrons. The van der Waals surface area contributed by atoms with Gasteiger partial charge in [0, 0.05) is 12.1 Å². The second-order valence-corrected chi connectivity index (χ2v) is 5.57. The molecule has 3 rings (SSSR count). The van der Waals surface area contributed by atoms with Crippen molar-refractivity contribution >= 4 is 6.09 Å². The molecular formula is C16H21NO2. The maximum Gasteiger partial charge on any atom is 0.410 e. The quantitative estimate of drug-likeness (QED) is 0.812. The maximum absolute atomic E-state index is 12.0. The first-order chi connectivity index (χ1) is 9.29. The number of hydrogen-bond donors (Lipinski definition) is 0. The number of nitrogens with zero attached hydrogens (tertiary/aromatic N) is 1. The minimum Gasteiger partial charge on any atom is -0.450 e. The Morgan fingerprint density at radius 2 is 1.84 bits per heavy atom. The van der Waals surface area contributed by atoms with Crippen LogP contribution in [0.4, 0.5) is 4.79 Å². The average molecular weight is 259 g/mol. The molecule has 2 fully saturated rings. The van der Waals surface area contributed by atoms with Gasteiger partial charge in [-0.25, -0.2) is 4.79 Å². The fourth-order valence-corrected chi connectivity index (χ4v) is 3.67. The number of carbonyl (C=O) groups is 1. The number of carbonyl (C=O) groups excluding carboxylic acids is 1. The standard InChI is InChI=1S/C16H21NO2/c1-2-19-16(18)17-14-8-9-15(17)11-13(10-14)12-6-4-3-5-7-12/h3-7,13-15H,2,8-11H2,1H3. The van der Waals surface area contributed by atoms with E-state index in [0.29, 0.717) is 24.6 Å². The SMILES string of the molecule is CCOC(=O)N1C2CCC1CC(c1ccccc1)C2. The van der Waals surface area contributed by atoms with Gasteiger partial charge in [0.15, 0.2) is 0 Å². The topological polar surface area (TPSA) is 29.5 Å². The highest BCUT2D eigenvalue weighted by Crippen LogP contribution is 2.43. The molecule has 19 heavy (non-hydrogen) atoms. The highest BCUT2D eigenvalue weighted by molar-refractivity contribution is 5.69. The molecule has 2 saturated heterocycles. The van der Waals surface area contributed by atoms with E-state index in [1.807, 2.05) is 11.8 Å². The Balaban J connectivity index is 1.73. The molecule has 1 aromatic carbocycles. The fraction of sp³-hybridized carbons (Fsp3) is 0.562. The summed E-state index contributed by atoms with van der Waals surface area (Å²) >= 11 is 0. The Kier molecular flexibility index (Phi) is 3.45. The Morgan fingerprint density at radius 1 is 1.21 bits per heavy atom. The van der Waals surface area contributed by atoms with Gasteiger partial charge < -0.3 is 9.64 Å². The molecule has 2 unspecified atom stereocenters. The lowest BCUT2D eigenvalue weighted by atomic mass is 9.85. The van der Waals surface area contributed by atoms with Crippen LogP contribution in [-0.2, 0) is 4.74 Å². The number of benzene rings is 1. The monoisotopic (exact) mass is 259 g/mol. The van der Waals surface area contributed by atoms with Gasteiger partial charge in [-0.05, 0) is 44.1 Å². The summed E-state index contributed by atoms with van der Waals surface area (Å²) in [5, 5.41) is 0. The van der Waals surface area contributed by atoms with E-state index in [9.17, 15) is 4.79 Å². The lowest BCUT2D eigenvalue weighted by Crippen LogP contribution is -2.46. The van der Waals surface area contributed by atoms with E-state index in [1.165, 1.54) is 5.56 Å². The van der Waals surface area contributed by atoms with Crippen LogP contribution in [0.5, 0.6) is 0 Å². The smallest absolute Gasteiger partial charge is 0.410 e. The zero-order chi connectivity index (χ0) is 13.2.